The molecule has 1 aromatic rings. The maximum atomic E-state index is 12.2. The van der Waals surface area contributed by atoms with Gasteiger partial charge in [0.1, 0.15) is 5.01 Å². The lowest BCUT2D eigenvalue weighted by molar-refractivity contribution is -0.136. The Bertz CT molecular complexity index is 560. The first-order chi connectivity index (χ1) is 10.0. The van der Waals surface area contributed by atoms with Crippen LogP contribution in [-0.2, 0) is 20.8 Å². The van der Waals surface area contributed by atoms with Gasteiger partial charge in [0, 0.05) is 18.6 Å². The van der Waals surface area contributed by atoms with Gasteiger partial charge < -0.3 is 5.11 Å². The molecule has 1 N–H and O–H groups in total. The second kappa shape index (κ2) is 6.99. The van der Waals surface area contributed by atoms with E-state index < -0.39 is 11.2 Å². The van der Waals surface area contributed by atoms with Crippen LogP contribution < -0.4 is 4.90 Å². The summed E-state index contributed by atoms with van der Waals surface area (Å²) in [4.78, 5) is 35.8. The number of aliphatic carboxylic acids is 1. The first kappa shape index (κ1) is 15.9. The van der Waals surface area contributed by atoms with E-state index in [9.17, 15) is 14.4 Å². The van der Waals surface area contributed by atoms with Gasteiger partial charge in [-0.1, -0.05) is 18.3 Å². The van der Waals surface area contributed by atoms with E-state index in [1.807, 2.05) is 6.92 Å². The third kappa shape index (κ3) is 3.79. The zero-order valence-electron chi connectivity index (χ0n) is 11.4. The van der Waals surface area contributed by atoms with Gasteiger partial charge in [-0.3, -0.25) is 14.4 Å². The summed E-state index contributed by atoms with van der Waals surface area (Å²) in [6.07, 6.45) is 1.75. The Morgan fingerprint density at radius 3 is 2.90 bits per heavy atom. The molecule has 7 nitrogen and oxygen atoms in total. The van der Waals surface area contributed by atoms with Crippen molar-refractivity contribution in [2.75, 3.05) is 10.7 Å². The normalized spacial score (nSPS) is 18.5. The molecule has 1 unspecified atom stereocenters. The van der Waals surface area contributed by atoms with Gasteiger partial charge in [0.25, 0.3) is 0 Å². The molecule has 2 heterocycles. The molecule has 0 aromatic carbocycles. The number of aromatic nitrogens is 2. The first-order valence-corrected chi connectivity index (χ1v) is 8.42. The molecule has 0 radical (unpaired) electrons. The molecule has 1 fully saturated rings. The van der Waals surface area contributed by atoms with Crippen molar-refractivity contribution in [2.45, 2.75) is 37.9 Å². The van der Waals surface area contributed by atoms with Gasteiger partial charge in [-0.05, 0) is 6.42 Å². The van der Waals surface area contributed by atoms with E-state index >= 15 is 0 Å². The Morgan fingerprint density at radius 1 is 1.48 bits per heavy atom. The third-order valence-electron chi connectivity index (χ3n) is 2.85. The van der Waals surface area contributed by atoms with Crippen molar-refractivity contribution in [2.24, 2.45) is 0 Å². The molecule has 1 aromatic heterocycles. The molecule has 0 aliphatic carbocycles. The Balaban J connectivity index is 2.01. The summed E-state index contributed by atoms with van der Waals surface area (Å²) in [7, 11) is 0. The number of imide groups is 1. The summed E-state index contributed by atoms with van der Waals surface area (Å²) in [6, 6.07) is 0. The third-order valence-corrected chi connectivity index (χ3v) is 5.03. The van der Waals surface area contributed by atoms with Gasteiger partial charge in [0.15, 0.2) is 0 Å². The number of anilines is 1. The van der Waals surface area contributed by atoms with E-state index in [1.54, 1.807) is 0 Å². The summed E-state index contributed by atoms with van der Waals surface area (Å²) in [5.41, 5.74) is 0. The predicted molar refractivity (Wildman–Crippen MR) is 79.5 cm³/mol. The number of aryl methyl sites for hydroxylation is 1. The van der Waals surface area contributed by atoms with Gasteiger partial charge >= 0.3 is 5.97 Å². The van der Waals surface area contributed by atoms with Crippen LogP contribution in [0.25, 0.3) is 0 Å². The van der Waals surface area contributed by atoms with Crippen molar-refractivity contribution in [1.82, 2.24) is 10.2 Å². The maximum absolute atomic E-state index is 12.2. The minimum atomic E-state index is -0.913. The van der Waals surface area contributed by atoms with Crippen LogP contribution in [0.2, 0.25) is 0 Å². The van der Waals surface area contributed by atoms with Gasteiger partial charge in [-0.25, -0.2) is 4.90 Å². The topological polar surface area (TPSA) is 100 Å². The summed E-state index contributed by atoms with van der Waals surface area (Å²) >= 11 is 2.45. The second-order valence-corrected chi connectivity index (χ2v) is 6.85. The Hall–Kier alpha value is -1.48. The summed E-state index contributed by atoms with van der Waals surface area (Å²) < 4.78 is 0. The zero-order chi connectivity index (χ0) is 15.4. The van der Waals surface area contributed by atoms with Crippen molar-refractivity contribution in [3.63, 3.8) is 0 Å². The fourth-order valence-corrected chi connectivity index (χ4v) is 3.92. The molecule has 0 saturated carbocycles. The number of rotatable bonds is 7. The van der Waals surface area contributed by atoms with Crippen LogP contribution in [0.15, 0.2) is 0 Å². The van der Waals surface area contributed by atoms with Gasteiger partial charge in [-0.15, -0.1) is 22.0 Å². The van der Waals surface area contributed by atoms with E-state index in [2.05, 4.69) is 10.2 Å². The number of thioether (sulfide) groups is 1. The monoisotopic (exact) mass is 329 g/mol. The van der Waals surface area contributed by atoms with Crippen LogP contribution >= 0.6 is 23.1 Å². The molecule has 0 bridgehead atoms. The Labute approximate surface area is 129 Å². The van der Waals surface area contributed by atoms with Crippen molar-refractivity contribution < 1.29 is 19.5 Å². The molecule has 2 amide bonds. The molecule has 1 atom stereocenters. The number of nitrogens with zero attached hydrogens (tertiary/aromatic N) is 3. The van der Waals surface area contributed by atoms with E-state index in [-0.39, 0.29) is 24.7 Å². The van der Waals surface area contributed by atoms with Crippen LogP contribution in [0, 0.1) is 0 Å². The minimum absolute atomic E-state index is 0.0257. The molecule has 1 aliphatic rings. The number of hydrogen-bond acceptors (Lipinski definition) is 7. The lowest BCUT2D eigenvalue weighted by Crippen LogP contribution is -2.31. The maximum Gasteiger partial charge on any atom is 0.304 e. The smallest absolute Gasteiger partial charge is 0.304 e. The van der Waals surface area contributed by atoms with Crippen LogP contribution in [0.4, 0.5) is 5.13 Å². The molecular formula is C12H15N3O4S2. The van der Waals surface area contributed by atoms with E-state index in [0.717, 1.165) is 22.7 Å². The fourth-order valence-electron chi connectivity index (χ4n) is 1.87. The zero-order valence-corrected chi connectivity index (χ0v) is 13.1. The van der Waals surface area contributed by atoms with Crippen molar-refractivity contribution in [3.05, 3.63) is 5.01 Å². The summed E-state index contributed by atoms with van der Waals surface area (Å²) in [5, 5.41) is 17.1. The molecule has 9 heteroatoms. The minimum Gasteiger partial charge on any atom is -0.481 e. The summed E-state index contributed by atoms with van der Waals surface area (Å²) in [6.45, 7) is 2.02. The van der Waals surface area contributed by atoms with Crippen LogP contribution in [0.5, 0.6) is 0 Å². The van der Waals surface area contributed by atoms with Crippen LogP contribution in [0.3, 0.4) is 0 Å². The van der Waals surface area contributed by atoms with Gasteiger partial charge in [0.2, 0.25) is 16.9 Å². The number of carboxylic acids is 1. The Morgan fingerprint density at radius 2 is 2.24 bits per heavy atom. The molecule has 21 heavy (non-hydrogen) atoms. The quantitative estimate of drug-likeness (QED) is 0.753. The summed E-state index contributed by atoms with van der Waals surface area (Å²) in [5.74, 6) is -1.23. The largest absolute Gasteiger partial charge is 0.481 e. The van der Waals surface area contributed by atoms with E-state index in [1.165, 1.54) is 23.1 Å². The average molecular weight is 329 g/mol. The van der Waals surface area contributed by atoms with Crippen molar-refractivity contribution in [1.29, 1.82) is 0 Å². The number of carbonyl (C=O) groups excluding carboxylic acids is 2. The standard InChI is InChI=1S/C12H15N3O4S2/c1-2-3-8-13-14-12(21-8)15-9(16)6-7(11(15)19)20-5-4-10(17)18/h7H,2-6H2,1H3,(H,17,18). The lowest BCUT2D eigenvalue weighted by Gasteiger charge is -2.10. The lowest BCUT2D eigenvalue weighted by atomic mass is 10.4. The molecule has 0 spiro atoms. The molecule has 1 saturated heterocycles. The first-order valence-electron chi connectivity index (χ1n) is 6.55. The van der Waals surface area contributed by atoms with E-state index in [4.69, 9.17) is 5.11 Å². The second-order valence-electron chi connectivity index (χ2n) is 4.50. The van der Waals surface area contributed by atoms with Crippen molar-refractivity contribution >= 4 is 46.0 Å². The van der Waals surface area contributed by atoms with Crippen LogP contribution in [0.1, 0.15) is 31.2 Å². The number of carbonyl (C=O) groups is 3. The highest BCUT2D eigenvalue weighted by Gasteiger charge is 2.41. The average Bonchev–Trinajstić information content (AvgIpc) is 2.95. The SMILES string of the molecule is CCCc1nnc(N2C(=O)CC(SCCC(=O)O)C2=O)s1. The fraction of sp³-hybridized carbons (Fsp3) is 0.583. The molecule has 2 rings (SSSR count). The van der Waals surface area contributed by atoms with Crippen LogP contribution in [-0.4, -0.2) is 44.1 Å². The van der Waals surface area contributed by atoms with Crippen molar-refractivity contribution in [3.8, 4) is 0 Å². The number of hydrogen-bond donors (Lipinski definition) is 1. The molecular weight excluding hydrogens is 314 g/mol. The predicted octanol–water partition coefficient (Wildman–Crippen LogP) is 1.33. The molecule has 114 valence electrons. The number of carboxylic acid groups (broad SMARTS) is 1. The molecule has 1 aliphatic heterocycles. The highest BCUT2D eigenvalue weighted by Crippen LogP contribution is 2.31. The van der Waals surface area contributed by atoms with Gasteiger partial charge in [-0.2, -0.15) is 0 Å². The van der Waals surface area contributed by atoms with Gasteiger partial charge in [0.05, 0.1) is 11.7 Å². The van der Waals surface area contributed by atoms with E-state index in [0.29, 0.717) is 10.9 Å². The highest BCUT2D eigenvalue weighted by atomic mass is 32.2. The number of amides is 2. The highest BCUT2D eigenvalue weighted by molar-refractivity contribution is 8.00. The Kier molecular flexibility index (Phi) is 5.29.